The van der Waals surface area contributed by atoms with Gasteiger partial charge in [0.05, 0.1) is 11.0 Å². The summed E-state index contributed by atoms with van der Waals surface area (Å²) in [7, 11) is 0. The molecular weight excluding hydrogens is 398 g/mol. The number of amides is 2. The molecule has 0 unspecified atom stereocenters. The Labute approximate surface area is 191 Å². The molecule has 0 spiro atoms. The fourth-order valence-corrected chi connectivity index (χ4v) is 7.46. The zero-order valence-corrected chi connectivity index (χ0v) is 19.4. The number of benzene rings is 1. The van der Waals surface area contributed by atoms with Gasteiger partial charge in [-0.25, -0.2) is 0 Å². The van der Waals surface area contributed by atoms with Crippen molar-refractivity contribution in [3.63, 3.8) is 0 Å². The molecule has 0 radical (unpaired) electrons. The molecule has 1 heterocycles. The zero-order valence-electron chi connectivity index (χ0n) is 19.4. The molecule has 1 aromatic carbocycles. The molecule has 6 aliphatic rings. The van der Waals surface area contributed by atoms with Gasteiger partial charge < -0.3 is 15.5 Å². The van der Waals surface area contributed by atoms with Crippen LogP contribution in [-0.2, 0) is 4.79 Å². The van der Waals surface area contributed by atoms with Gasteiger partial charge in [-0.05, 0) is 106 Å². The lowest BCUT2D eigenvalue weighted by molar-refractivity contribution is -0.140. The maximum absolute atomic E-state index is 13.5. The lowest BCUT2D eigenvalue weighted by Gasteiger charge is -2.55. The van der Waals surface area contributed by atoms with Crippen molar-refractivity contribution in [2.45, 2.75) is 77.2 Å². The maximum atomic E-state index is 13.5. The number of carbonyl (C=O) groups is 2. The van der Waals surface area contributed by atoms with Gasteiger partial charge in [-0.15, -0.1) is 0 Å². The zero-order chi connectivity index (χ0) is 21.9. The van der Waals surface area contributed by atoms with Gasteiger partial charge in [0.25, 0.3) is 5.91 Å². The maximum Gasteiger partial charge on any atom is 0.253 e. The number of nitrogens with zero attached hydrogens (tertiary/aromatic N) is 1. The van der Waals surface area contributed by atoms with Crippen molar-refractivity contribution in [2.75, 3.05) is 23.3 Å². The van der Waals surface area contributed by atoms with Gasteiger partial charge in [-0.2, -0.15) is 0 Å². The Balaban J connectivity index is 1.24. The molecule has 172 valence electrons. The molecule has 5 heteroatoms. The van der Waals surface area contributed by atoms with Gasteiger partial charge >= 0.3 is 0 Å². The fourth-order valence-electron chi connectivity index (χ4n) is 7.46. The molecule has 2 N–H and O–H groups in total. The van der Waals surface area contributed by atoms with Gasteiger partial charge in [-0.3, -0.25) is 9.59 Å². The molecule has 5 nitrogen and oxygen atoms in total. The molecular formula is C27H37N3O2. The Hall–Kier alpha value is -2.04. The van der Waals surface area contributed by atoms with E-state index in [1.165, 1.54) is 19.3 Å². The van der Waals surface area contributed by atoms with Crippen LogP contribution in [0.4, 0.5) is 11.4 Å². The Morgan fingerprint density at radius 3 is 2.16 bits per heavy atom. The van der Waals surface area contributed by atoms with Crippen LogP contribution in [0.25, 0.3) is 0 Å². The highest BCUT2D eigenvalue weighted by Crippen LogP contribution is 2.60. The summed E-state index contributed by atoms with van der Waals surface area (Å²) in [5, 5.41) is 6.43. The molecule has 1 aliphatic heterocycles. The highest BCUT2D eigenvalue weighted by Gasteiger charge is 2.54. The second-order valence-electron chi connectivity index (χ2n) is 11.8. The summed E-state index contributed by atoms with van der Waals surface area (Å²) in [5.41, 5.74) is 2.34. The standard InChI is InChI=1S/C27H37N3O2/c1-17-6-8-30(9-7-17)24-5-4-22(13-23(24)25(31)28-21-2-3-21)29-26(32)27-14-18-10-19(15-27)12-20(11-18)16-27/h4-5,13,17-21H,2-3,6-12,14-16H2,1H3,(H,28,31)(H,29,32). The van der Waals surface area contributed by atoms with Crippen LogP contribution < -0.4 is 15.5 Å². The quantitative estimate of drug-likeness (QED) is 0.686. The van der Waals surface area contributed by atoms with Crippen LogP contribution in [0.3, 0.4) is 0 Å². The van der Waals surface area contributed by atoms with Crippen LogP contribution >= 0.6 is 0 Å². The van der Waals surface area contributed by atoms with E-state index < -0.39 is 0 Å². The lowest BCUT2D eigenvalue weighted by Crippen LogP contribution is -2.51. The minimum atomic E-state index is -0.174. The highest BCUT2D eigenvalue weighted by molar-refractivity contribution is 6.03. The third-order valence-electron chi connectivity index (χ3n) is 9.06. The molecule has 6 fully saturated rings. The molecule has 1 aromatic rings. The Morgan fingerprint density at radius 2 is 1.56 bits per heavy atom. The number of hydrogen-bond acceptors (Lipinski definition) is 3. The van der Waals surface area contributed by atoms with Crippen molar-refractivity contribution >= 4 is 23.2 Å². The van der Waals surface area contributed by atoms with Crippen LogP contribution in [0.1, 0.15) is 81.5 Å². The molecule has 5 aliphatic carbocycles. The average molecular weight is 436 g/mol. The molecule has 2 amide bonds. The summed E-state index contributed by atoms with van der Waals surface area (Å²) < 4.78 is 0. The summed E-state index contributed by atoms with van der Waals surface area (Å²) in [6.07, 6.45) is 11.7. The van der Waals surface area contributed by atoms with E-state index in [9.17, 15) is 9.59 Å². The number of piperidine rings is 1. The first-order valence-corrected chi connectivity index (χ1v) is 13.0. The molecule has 7 rings (SSSR count). The molecule has 5 saturated carbocycles. The van der Waals surface area contributed by atoms with E-state index in [0.717, 1.165) is 98.6 Å². The van der Waals surface area contributed by atoms with E-state index in [4.69, 9.17) is 0 Å². The van der Waals surface area contributed by atoms with Crippen molar-refractivity contribution in [1.82, 2.24) is 5.32 Å². The van der Waals surface area contributed by atoms with Gasteiger partial charge in [-0.1, -0.05) is 6.92 Å². The lowest BCUT2D eigenvalue weighted by atomic mass is 9.49. The van der Waals surface area contributed by atoms with Crippen molar-refractivity contribution < 1.29 is 9.59 Å². The average Bonchev–Trinajstić information content (AvgIpc) is 3.57. The van der Waals surface area contributed by atoms with Crippen LogP contribution in [0.5, 0.6) is 0 Å². The van der Waals surface area contributed by atoms with Crippen molar-refractivity contribution in [3.05, 3.63) is 23.8 Å². The van der Waals surface area contributed by atoms with Crippen molar-refractivity contribution in [2.24, 2.45) is 29.1 Å². The Bertz CT molecular complexity index is 878. The SMILES string of the molecule is CC1CCN(c2ccc(NC(=O)C34CC5CC(CC(C5)C3)C4)cc2C(=O)NC2CC2)CC1. The summed E-state index contributed by atoms with van der Waals surface area (Å²) >= 11 is 0. The Kier molecular flexibility index (Phi) is 5.00. The summed E-state index contributed by atoms with van der Waals surface area (Å²) in [6.45, 7) is 4.29. The third-order valence-corrected chi connectivity index (χ3v) is 9.06. The highest BCUT2D eigenvalue weighted by atomic mass is 16.2. The smallest absolute Gasteiger partial charge is 0.253 e. The Morgan fingerprint density at radius 1 is 0.938 bits per heavy atom. The minimum absolute atomic E-state index is 0.00651. The topological polar surface area (TPSA) is 61.4 Å². The largest absolute Gasteiger partial charge is 0.371 e. The molecule has 0 aromatic heterocycles. The van der Waals surface area contributed by atoms with E-state index in [1.807, 2.05) is 12.1 Å². The predicted molar refractivity (Wildman–Crippen MR) is 127 cm³/mol. The monoisotopic (exact) mass is 435 g/mol. The van der Waals surface area contributed by atoms with E-state index in [1.54, 1.807) is 0 Å². The van der Waals surface area contributed by atoms with E-state index in [-0.39, 0.29) is 17.2 Å². The summed E-state index contributed by atoms with van der Waals surface area (Å²) in [6, 6.07) is 6.33. The van der Waals surface area contributed by atoms with Crippen LogP contribution in [0.15, 0.2) is 18.2 Å². The number of nitrogens with one attached hydrogen (secondary N) is 2. The number of rotatable bonds is 5. The predicted octanol–water partition coefficient (Wildman–Crippen LogP) is 4.97. The van der Waals surface area contributed by atoms with Gasteiger partial charge in [0, 0.05) is 30.5 Å². The molecule has 0 atom stereocenters. The first-order valence-electron chi connectivity index (χ1n) is 13.0. The van der Waals surface area contributed by atoms with E-state index in [0.29, 0.717) is 6.04 Å². The van der Waals surface area contributed by atoms with Gasteiger partial charge in [0.1, 0.15) is 0 Å². The first-order chi connectivity index (χ1) is 15.5. The molecule has 32 heavy (non-hydrogen) atoms. The number of anilines is 2. The van der Waals surface area contributed by atoms with E-state index in [2.05, 4.69) is 28.5 Å². The second kappa shape index (κ2) is 7.78. The summed E-state index contributed by atoms with van der Waals surface area (Å²) in [4.78, 5) is 29.0. The number of hydrogen-bond donors (Lipinski definition) is 2. The van der Waals surface area contributed by atoms with Crippen LogP contribution in [0, 0.1) is 29.1 Å². The first kappa shape index (κ1) is 20.6. The van der Waals surface area contributed by atoms with Crippen LogP contribution in [0.2, 0.25) is 0 Å². The van der Waals surface area contributed by atoms with Gasteiger partial charge in [0.2, 0.25) is 5.91 Å². The normalized spacial score (nSPS) is 33.9. The fraction of sp³-hybridized carbons (Fsp3) is 0.704. The van der Waals surface area contributed by atoms with Crippen LogP contribution in [-0.4, -0.2) is 30.9 Å². The minimum Gasteiger partial charge on any atom is -0.371 e. The molecule has 4 bridgehead atoms. The van der Waals surface area contributed by atoms with E-state index >= 15 is 0 Å². The van der Waals surface area contributed by atoms with Gasteiger partial charge in [0.15, 0.2) is 0 Å². The van der Waals surface area contributed by atoms with Crippen molar-refractivity contribution in [1.29, 1.82) is 0 Å². The second-order valence-corrected chi connectivity index (χ2v) is 11.8. The third kappa shape index (κ3) is 3.82. The number of carbonyl (C=O) groups excluding carboxylic acids is 2. The summed E-state index contributed by atoms with van der Waals surface area (Å²) in [5.74, 6) is 3.19. The van der Waals surface area contributed by atoms with Crippen molar-refractivity contribution in [3.8, 4) is 0 Å². The molecule has 1 saturated heterocycles.